The Morgan fingerprint density at radius 2 is 1.64 bits per heavy atom. The van der Waals surface area contributed by atoms with Crippen LogP contribution in [-0.2, 0) is 19.0 Å². The van der Waals surface area contributed by atoms with Gasteiger partial charge in [-0.25, -0.2) is 0 Å². The first-order chi connectivity index (χ1) is 4.79. The Hall–Kier alpha value is 0.903. The minimum atomic E-state index is -2.03. The van der Waals surface area contributed by atoms with Crippen molar-refractivity contribution in [2.45, 2.75) is 5.02 Å². The molecule has 0 spiro atoms. The Morgan fingerprint density at radius 3 is 2.09 bits per heavy atom. The Kier molecular flexibility index (Phi) is 6.95. The molecule has 1 aromatic carbocycles. The number of hydrogen-bond acceptors (Lipinski definition) is 0. The van der Waals surface area contributed by atoms with Gasteiger partial charge in [0.15, 0.2) is 0 Å². The molecule has 0 amide bonds. The van der Waals surface area contributed by atoms with Crippen molar-refractivity contribution in [2.24, 2.45) is 0 Å². The molecule has 11 heavy (non-hydrogen) atoms. The van der Waals surface area contributed by atoms with E-state index in [1.807, 2.05) is 18.2 Å². The van der Waals surface area contributed by atoms with Gasteiger partial charge in [-0.1, -0.05) is 0 Å². The molecule has 0 aliphatic heterocycles. The van der Waals surface area contributed by atoms with E-state index in [9.17, 15) is 0 Å². The van der Waals surface area contributed by atoms with Crippen LogP contribution in [0.15, 0.2) is 30.3 Å². The van der Waals surface area contributed by atoms with Crippen LogP contribution >= 0.6 is 36.4 Å². The van der Waals surface area contributed by atoms with E-state index in [1.54, 1.807) is 0 Å². The SMILES string of the molecule is Br.[Cl][Zn]([Cl])[CH2]c1ccccc1. The first-order valence-electron chi connectivity index (χ1n) is 3.30. The summed E-state index contributed by atoms with van der Waals surface area (Å²) < 4.78 is 0. The third-order valence-corrected chi connectivity index (χ3v) is 5.29. The summed E-state index contributed by atoms with van der Waals surface area (Å²) in [5.74, 6) is 0. The van der Waals surface area contributed by atoms with Crippen LogP contribution in [0.5, 0.6) is 0 Å². The van der Waals surface area contributed by atoms with Crippen molar-refractivity contribution >= 4 is 36.4 Å². The Balaban J connectivity index is 0.000001000. The van der Waals surface area contributed by atoms with Gasteiger partial charge in [-0.3, -0.25) is 0 Å². The summed E-state index contributed by atoms with van der Waals surface area (Å²) in [6.45, 7) is 0. The molecule has 1 rings (SSSR count). The monoisotopic (exact) mass is 305 g/mol. The molecule has 0 heterocycles. The Bertz CT molecular complexity index is 191. The minimum absolute atomic E-state index is 0. The fourth-order valence-corrected chi connectivity index (χ4v) is 4.75. The second-order valence-corrected chi connectivity index (χ2v) is 13.4. The molecule has 59 valence electrons. The first-order valence-corrected chi connectivity index (χ1v) is 13.2. The summed E-state index contributed by atoms with van der Waals surface area (Å²) in [5, 5.41) is 0.934. The Morgan fingerprint density at radius 1 is 1.09 bits per heavy atom. The summed E-state index contributed by atoms with van der Waals surface area (Å²) in [6.07, 6.45) is 0. The fraction of sp³-hybridized carbons (Fsp3) is 0.143. The van der Waals surface area contributed by atoms with Crippen LogP contribution in [0.2, 0.25) is 0 Å². The molecule has 1 aromatic rings. The quantitative estimate of drug-likeness (QED) is 0.731. The molecule has 0 atom stereocenters. The third-order valence-electron chi connectivity index (χ3n) is 1.32. The summed E-state index contributed by atoms with van der Waals surface area (Å²) in [6, 6.07) is 10.1. The van der Waals surface area contributed by atoms with Crippen molar-refractivity contribution in [3.63, 3.8) is 0 Å². The van der Waals surface area contributed by atoms with Crippen LogP contribution in [0.1, 0.15) is 5.56 Å². The van der Waals surface area contributed by atoms with Gasteiger partial charge in [0.2, 0.25) is 0 Å². The zero-order valence-electron chi connectivity index (χ0n) is 5.97. The van der Waals surface area contributed by atoms with E-state index < -0.39 is 14.0 Å². The van der Waals surface area contributed by atoms with Crippen molar-refractivity contribution in [3.8, 4) is 0 Å². The zero-order chi connectivity index (χ0) is 7.40. The number of benzene rings is 1. The van der Waals surface area contributed by atoms with Crippen LogP contribution < -0.4 is 0 Å². The molecular formula is C7H8BrCl2Zn. The van der Waals surface area contributed by atoms with Gasteiger partial charge in [-0.2, -0.15) is 0 Å². The molecular weight excluding hydrogens is 300 g/mol. The maximum absolute atomic E-state index is 5.79. The molecule has 0 saturated carbocycles. The normalized spacial score (nSPS) is 8.55. The maximum atomic E-state index is 5.79. The van der Waals surface area contributed by atoms with Crippen molar-refractivity contribution in [1.82, 2.24) is 0 Å². The second-order valence-electron chi connectivity index (χ2n) is 2.21. The summed E-state index contributed by atoms with van der Waals surface area (Å²) in [7, 11) is 11.6. The van der Waals surface area contributed by atoms with E-state index in [-0.39, 0.29) is 17.0 Å². The van der Waals surface area contributed by atoms with Crippen LogP contribution in [0, 0.1) is 0 Å². The second kappa shape index (κ2) is 6.42. The summed E-state index contributed by atoms with van der Waals surface area (Å²) >= 11 is -2.03. The van der Waals surface area contributed by atoms with E-state index >= 15 is 0 Å². The van der Waals surface area contributed by atoms with Crippen molar-refractivity contribution in [2.75, 3.05) is 0 Å². The predicted octanol–water partition coefficient (Wildman–Crippen LogP) is 3.69. The van der Waals surface area contributed by atoms with E-state index in [1.165, 1.54) is 5.56 Å². The van der Waals surface area contributed by atoms with Gasteiger partial charge in [0.25, 0.3) is 0 Å². The molecule has 0 fully saturated rings. The van der Waals surface area contributed by atoms with E-state index in [0.717, 1.165) is 5.02 Å². The Labute approximate surface area is 90.6 Å². The van der Waals surface area contributed by atoms with Crippen LogP contribution in [0.3, 0.4) is 0 Å². The van der Waals surface area contributed by atoms with Gasteiger partial charge >= 0.3 is 74.3 Å². The zero-order valence-corrected chi connectivity index (χ0v) is 12.2. The molecule has 0 aromatic heterocycles. The molecule has 0 aliphatic rings. The summed E-state index contributed by atoms with van der Waals surface area (Å²) in [5.41, 5.74) is 1.27. The third kappa shape index (κ3) is 5.19. The molecule has 0 bridgehead atoms. The van der Waals surface area contributed by atoms with Crippen LogP contribution in [0.4, 0.5) is 0 Å². The fourth-order valence-electron chi connectivity index (χ4n) is 0.863. The summed E-state index contributed by atoms with van der Waals surface area (Å²) in [4.78, 5) is 0. The van der Waals surface area contributed by atoms with Crippen LogP contribution in [-0.4, -0.2) is 0 Å². The van der Waals surface area contributed by atoms with E-state index in [4.69, 9.17) is 19.4 Å². The topological polar surface area (TPSA) is 0 Å². The van der Waals surface area contributed by atoms with Crippen LogP contribution in [0.25, 0.3) is 0 Å². The van der Waals surface area contributed by atoms with Crippen molar-refractivity contribution < 1.29 is 14.0 Å². The van der Waals surface area contributed by atoms with Gasteiger partial charge < -0.3 is 0 Å². The molecule has 4 heteroatoms. The molecule has 0 saturated heterocycles. The number of hydrogen-bond donors (Lipinski definition) is 0. The van der Waals surface area contributed by atoms with Gasteiger partial charge in [-0.15, -0.1) is 17.0 Å². The standard InChI is InChI=1S/C7H7.BrH.2ClH.Zn/c1-7-5-3-2-4-6-7;;;;/h2-6H,1H2;3*1H;/q;;;;+2/p-2. The van der Waals surface area contributed by atoms with Gasteiger partial charge in [0.1, 0.15) is 0 Å². The molecule has 0 unspecified atom stereocenters. The predicted molar refractivity (Wildman–Crippen MR) is 52.2 cm³/mol. The molecule has 0 aliphatic carbocycles. The van der Waals surface area contributed by atoms with Gasteiger partial charge in [0, 0.05) is 0 Å². The van der Waals surface area contributed by atoms with E-state index in [2.05, 4.69) is 12.1 Å². The first kappa shape index (κ1) is 11.9. The molecule has 0 nitrogen and oxygen atoms in total. The van der Waals surface area contributed by atoms with E-state index in [0.29, 0.717) is 0 Å². The van der Waals surface area contributed by atoms with Crippen molar-refractivity contribution in [1.29, 1.82) is 0 Å². The average Bonchev–Trinajstić information content (AvgIpc) is 1.88. The number of rotatable bonds is 2. The van der Waals surface area contributed by atoms with Gasteiger partial charge in [-0.05, 0) is 0 Å². The van der Waals surface area contributed by atoms with Gasteiger partial charge in [0.05, 0.1) is 0 Å². The molecule has 0 N–H and O–H groups in total. The number of halogens is 3. The average molecular weight is 308 g/mol. The van der Waals surface area contributed by atoms with Crippen molar-refractivity contribution in [3.05, 3.63) is 35.9 Å². The molecule has 0 radical (unpaired) electrons.